The highest BCUT2D eigenvalue weighted by Crippen LogP contribution is 2.43. The molecule has 0 spiro atoms. The van der Waals surface area contributed by atoms with Crippen molar-refractivity contribution in [2.75, 3.05) is 0 Å². The van der Waals surface area contributed by atoms with Crippen LogP contribution in [0.3, 0.4) is 0 Å². The van der Waals surface area contributed by atoms with Crippen molar-refractivity contribution < 1.29 is 8.83 Å². The zero-order valence-electron chi connectivity index (χ0n) is 30.4. The third-order valence-electron chi connectivity index (χ3n) is 11.1. The molecular formula is C51H30N4O2. The van der Waals surface area contributed by atoms with Crippen LogP contribution in [0.2, 0.25) is 0 Å². The minimum absolute atomic E-state index is 0.554. The van der Waals surface area contributed by atoms with Gasteiger partial charge in [-0.05, 0) is 48.0 Å². The van der Waals surface area contributed by atoms with Gasteiger partial charge in [-0.1, -0.05) is 140 Å². The first-order chi connectivity index (χ1) is 28.3. The molecule has 8 aromatic carbocycles. The number of hydrogen-bond acceptors (Lipinski definition) is 5. The molecule has 0 aliphatic carbocycles. The number of hydrogen-bond donors (Lipinski definition) is 0. The number of furan rings is 2. The van der Waals surface area contributed by atoms with Crippen molar-refractivity contribution in [2.45, 2.75) is 0 Å². The first kappa shape index (κ1) is 31.5. The van der Waals surface area contributed by atoms with Crippen LogP contribution in [0.5, 0.6) is 0 Å². The summed E-state index contributed by atoms with van der Waals surface area (Å²) in [5.41, 5.74) is 11.3. The van der Waals surface area contributed by atoms with Gasteiger partial charge in [-0.15, -0.1) is 0 Å². The van der Waals surface area contributed by atoms with E-state index < -0.39 is 0 Å². The van der Waals surface area contributed by atoms with Gasteiger partial charge in [0.05, 0.1) is 27.7 Å². The lowest BCUT2D eigenvalue weighted by atomic mass is 9.99. The van der Waals surface area contributed by atoms with Gasteiger partial charge in [-0.25, -0.2) is 15.0 Å². The third-order valence-corrected chi connectivity index (χ3v) is 11.1. The SMILES string of the molecule is c1ccc(-c2nc(-c3ccccc3)nc(-c3cccc4c3oc3c(-c5ccc6oc7cccc(-n8c9ccccc9c9ccccc98)c7c6c5)cccc34)n2)cc1. The minimum Gasteiger partial charge on any atom is -0.456 e. The van der Waals surface area contributed by atoms with Crippen LogP contribution < -0.4 is 0 Å². The van der Waals surface area contributed by atoms with E-state index in [2.05, 4.69) is 114 Å². The minimum atomic E-state index is 0.554. The van der Waals surface area contributed by atoms with Crippen molar-refractivity contribution in [1.29, 1.82) is 0 Å². The Hall–Kier alpha value is -7.83. The summed E-state index contributed by atoms with van der Waals surface area (Å²) in [6, 6.07) is 62.6. The van der Waals surface area contributed by atoms with Gasteiger partial charge < -0.3 is 13.4 Å². The fourth-order valence-electron chi connectivity index (χ4n) is 8.50. The molecule has 0 amide bonds. The van der Waals surface area contributed by atoms with Crippen molar-refractivity contribution in [3.63, 3.8) is 0 Å². The van der Waals surface area contributed by atoms with Gasteiger partial charge in [0.15, 0.2) is 17.5 Å². The average molecular weight is 731 g/mol. The molecule has 0 radical (unpaired) electrons. The Morgan fingerprint density at radius 1 is 0.351 bits per heavy atom. The summed E-state index contributed by atoms with van der Waals surface area (Å²) in [5.74, 6) is 1.76. The molecule has 0 fully saturated rings. The maximum absolute atomic E-state index is 6.95. The van der Waals surface area contributed by atoms with Crippen LogP contribution in [0.25, 0.3) is 117 Å². The summed E-state index contributed by atoms with van der Waals surface area (Å²) < 4.78 is 15.8. The van der Waals surface area contributed by atoms with E-state index in [0.29, 0.717) is 17.5 Å². The molecule has 0 atom stereocenters. The van der Waals surface area contributed by atoms with E-state index in [-0.39, 0.29) is 0 Å². The van der Waals surface area contributed by atoms with Crippen LogP contribution in [0.1, 0.15) is 0 Å². The van der Waals surface area contributed by atoms with Gasteiger partial charge in [-0.3, -0.25) is 0 Å². The number of fused-ring (bicyclic) bond motifs is 9. The van der Waals surface area contributed by atoms with Crippen LogP contribution >= 0.6 is 0 Å². The highest BCUT2D eigenvalue weighted by atomic mass is 16.3. The Morgan fingerprint density at radius 2 is 0.895 bits per heavy atom. The second-order valence-corrected chi connectivity index (χ2v) is 14.3. The van der Waals surface area contributed by atoms with Crippen molar-refractivity contribution in [3.8, 4) is 51.0 Å². The standard InChI is InChI=1S/C51H30N4O2/c1-3-14-31(15-4-1)49-52-50(32-16-5-2-6-17-32)54-51(53-49)39-23-12-22-38-37-21-11-20-34(47(37)57-48(38)39)33-28-29-44-40(30-33)46-43(26-13-27-45(46)56-44)55-41-24-9-7-18-35(41)36-19-8-10-25-42(36)55/h1-30H. The molecule has 4 heterocycles. The second kappa shape index (κ2) is 12.3. The van der Waals surface area contributed by atoms with Crippen molar-refractivity contribution in [2.24, 2.45) is 0 Å². The summed E-state index contributed by atoms with van der Waals surface area (Å²) in [7, 11) is 0. The molecule has 0 aliphatic rings. The van der Waals surface area contributed by atoms with E-state index in [4.69, 9.17) is 23.8 Å². The Bertz CT molecular complexity index is 3410. The van der Waals surface area contributed by atoms with Gasteiger partial charge in [0.25, 0.3) is 0 Å². The largest absolute Gasteiger partial charge is 0.456 e. The van der Waals surface area contributed by atoms with Crippen LogP contribution in [-0.2, 0) is 0 Å². The smallest absolute Gasteiger partial charge is 0.167 e. The molecule has 12 rings (SSSR count). The van der Waals surface area contributed by atoms with E-state index in [0.717, 1.165) is 88.4 Å². The molecule has 0 saturated carbocycles. The molecule has 0 N–H and O–H groups in total. The summed E-state index contributed by atoms with van der Waals surface area (Å²) in [6.07, 6.45) is 0. The predicted octanol–water partition coefficient (Wildman–Crippen LogP) is 13.4. The predicted molar refractivity (Wildman–Crippen MR) is 230 cm³/mol. The Labute approximate surface area is 325 Å². The van der Waals surface area contributed by atoms with E-state index in [9.17, 15) is 0 Å². The summed E-state index contributed by atoms with van der Waals surface area (Å²) in [6.45, 7) is 0. The normalized spacial score (nSPS) is 11.9. The Balaban J connectivity index is 1.06. The third kappa shape index (κ3) is 4.87. The topological polar surface area (TPSA) is 69.9 Å². The lowest BCUT2D eigenvalue weighted by molar-refractivity contribution is 0.668. The van der Waals surface area contributed by atoms with Crippen LogP contribution in [0.15, 0.2) is 191 Å². The van der Waals surface area contributed by atoms with E-state index >= 15 is 0 Å². The fraction of sp³-hybridized carbons (Fsp3) is 0. The molecule has 4 aromatic heterocycles. The molecule has 266 valence electrons. The van der Waals surface area contributed by atoms with Gasteiger partial charge in [0, 0.05) is 43.6 Å². The molecule has 6 nitrogen and oxygen atoms in total. The quantitative estimate of drug-likeness (QED) is 0.176. The molecule has 0 bridgehead atoms. The number of nitrogens with zero attached hydrogens (tertiary/aromatic N) is 4. The first-order valence-electron chi connectivity index (χ1n) is 19.0. The lowest BCUT2D eigenvalue weighted by Gasteiger charge is -2.10. The van der Waals surface area contributed by atoms with Crippen LogP contribution in [0, 0.1) is 0 Å². The molecular weight excluding hydrogens is 701 g/mol. The van der Waals surface area contributed by atoms with Gasteiger partial charge >= 0.3 is 0 Å². The maximum atomic E-state index is 6.95. The molecule has 0 unspecified atom stereocenters. The molecule has 0 saturated heterocycles. The van der Waals surface area contributed by atoms with Crippen molar-refractivity contribution in [1.82, 2.24) is 19.5 Å². The van der Waals surface area contributed by atoms with Gasteiger partial charge in [0.1, 0.15) is 22.3 Å². The van der Waals surface area contributed by atoms with Crippen LogP contribution in [0.4, 0.5) is 0 Å². The van der Waals surface area contributed by atoms with Crippen molar-refractivity contribution in [3.05, 3.63) is 182 Å². The lowest BCUT2D eigenvalue weighted by Crippen LogP contribution is -2.00. The first-order valence-corrected chi connectivity index (χ1v) is 19.0. The zero-order chi connectivity index (χ0) is 37.5. The van der Waals surface area contributed by atoms with Crippen molar-refractivity contribution >= 4 is 65.7 Å². The summed E-state index contributed by atoms with van der Waals surface area (Å²) in [5, 5.41) is 6.57. The Morgan fingerprint density at radius 3 is 1.56 bits per heavy atom. The van der Waals surface area contributed by atoms with E-state index in [1.54, 1.807) is 0 Å². The summed E-state index contributed by atoms with van der Waals surface area (Å²) >= 11 is 0. The monoisotopic (exact) mass is 730 g/mol. The van der Waals surface area contributed by atoms with Gasteiger partial charge in [0.2, 0.25) is 0 Å². The number of benzene rings is 8. The fourth-order valence-corrected chi connectivity index (χ4v) is 8.50. The molecule has 57 heavy (non-hydrogen) atoms. The number of para-hydroxylation sites is 4. The molecule has 12 aromatic rings. The second-order valence-electron chi connectivity index (χ2n) is 14.3. The highest BCUT2D eigenvalue weighted by Gasteiger charge is 2.21. The number of aromatic nitrogens is 4. The Kier molecular flexibility index (Phi) is 6.83. The molecule has 6 heteroatoms. The number of rotatable bonds is 5. The zero-order valence-corrected chi connectivity index (χ0v) is 30.4. The summed E-state index contributed by atoms with van der Waals surface area (Å²) in [4.78, 5) is 15.0. The maximum Gasteiger partial charge on any atom is 0.167 e. The highest BCUT2D eigenvalue weighted by molar-refractivity contribution is 6.16. The van der Waals surface area contributed by atoms with E-state index in [1.165, 1.54) is 10.8 Å². The van der Waals surface area contributed by atoms with E-state index in [1.807, 2.05) is 72.8 Å². The average Bonchev–Trinajstić information content (AvgIpc) is 3.96. The van der Waals surface area contributed by atoms with Crippen LogP contribution in [-0.4, -0.2) is 19.5 Å². The molecule has 0 aliphatic heterocycles. The van der Waals surface area contributed by atoms with Gasteiger partial charge in [-0.2, -0.15) is 0 Å².